The average Bonchev–Trinajstić information content (AvgIpc) is 2.60. The molecule has 132 valence electrons. The normalized spacial score (nSPS) is 15.3. The molecule has 2 rings (SSSR count). The van der Waals surface area contributed by atoms with Crippen LogP contribution in [0.25, 0.3) is 0 Å². The van der Waals surface area contributed by atoms with Crippen molar-refractivity contribution in [3.8, 4) is 0 Å². The Balaban J connectivity index is 1.84. The van der Waals surface area contributed by atoms with E-state index in [0.717, 1.165) is 25.7 Å². The summed E-state index contributed by atoms with van der Waals surface area (Å²) in [6.07, 6.45) is 5.61. The third-order valence-electron chi connectivity index (χ3n) is 4.26. The van der Waals surface area contributed by atoms with Crippen LogP contribution in [0.5, 0.6) is 0 Å². The molecule has 0 saturated heterocycles. The van der Waals surface area contributed by atoms with E-state index in [1.165, 1.54) is 6.42 Å². The summed E-state index contributed by atoms with van der Waals surface area (Å²) in [4.78, 5) is 26.1. The molecule has 24 heavy (non-hydrogen) atoms. The van der Waals surface area contributed by atoms with E-state index >= 15 is 0 Å². The standard InChI is InChI=1S/C17H24ClN3O3/c18-15-9-5-4-8-14(15)17(24)20-19-16(23)12-21(10-11-22)13-6-2-1-3-7-13/h4-5,8-9,13,22H,1-3,6-7,10-12H2,(H,19,23)(H,20,24). The lowest BCUT2D eigenvalue weighted by molar-refractivity contribution is -0.123. The zero-order chi connectivity index (χ0) is 17.4. The van der Waals surface area contributed by atoms with Gasteiger partial charge in [-0.25, -0.2) is 0 Å². The van der Waals surface area contributed by atoms with E-state index in [1.807, 2.05) is 4.90 Å². The van der Waals surface area contributed by atoms with Crippen molar-refractivity contribution < 1.29 is 14.7 Å². The highest BCUT2D eigenvalue weighted by atomic mass is 35.5. The average molecular weight is 354 g/mol. The van der Waals surface area contributed by atoms with E-state index in [1.54, 1.807) is 24.3 Å². The highest BCUT2D eigenvalue weighted by Crippen LogP contribution is 2.22. The van der Waals surface area contributed by atoms with Crippen LogP contribution in [0.4, 0.5) is 0 Å². The maximum absolute atomic E-state index is 12.1. The number of nitrogens with zero attached hydrogens (tertiary/aromatic N) is 1. The number of nitrogens with one attached hydrogen (secondary N) is 2. The van der Waals surface area contributed by atoms with Crippen LogP contribution >= 0.6 is 11.6 Å². The van der Waals surface area contributed by atoms with Gasteiger partial charge in [0.1, 0.15) is 0 Å². The molecule has 1 aliphatic carbocycles. The first-order valence-corrected chi connectivity index (χ1v) is 8.68. The van der Waals surface area contributed by atoms with Crippen LogP contribution in [0, 0.1) is 0 Å². The summed E-state index contributed by atoms with van der Waals surface area (Å²) in [6, 6.07) is 6.95. The van der Waals surface area contributed by atoms with E-state index in [9.17, 15) is 14.7 Å². The van der Waals surface area contributed by atoms with Crippen molar-refractivity contribution >= 4 is 23.4 Å². The van der Waals surface area contributed by atoms with E-state index in [0.29, 0.717) is 23.2 Å². The first kappa shape index (κ1) is 18.7. The Morgan fingerprint density at radius 1 is 1.17 bits per heavy atom. The fraction of sp³-hybridized carbons (Fsp3) is 0.529. The van der Waals surface area contributed by atoms with Gasteiger partial charge in [0.05, 0.1) is 23.7 Å². The predicted molar refractivity (Wildman–Crippen MR) is 92.6 cm³/mol. The largest absolute Gasteiger partial charge is 0.395 e. The van der Waals surface area contributed by atoms with Gasteiger partial charge in [0.2, 0.25) is 0 Å². The maximum Gasteiger partial charge on any atom is 0.271 e. The van der Waals surface area contributed by atoms with Crippen LogP contribution in [0.1, 0.15) is 42.5 Å². The molecule has 0 radical (unpaired) electrons. The highest BCUT2D eigenvalue weighted by Gasteiger charge is 2.23. The van der Waals surface area contributed by atoms with Gasteiger partial charge in [0, 0.05) is 12.6 Å². The van der Waals surface area contributed by atoms with Gasteiger partial charge in [-0.1, -0.05) is 43.0 Å². The molecule has 1 aromatic rings. The van der Waals surface area contributed by atoms with Gasteiger partial charge in [-0.05, 0) is 25.0 Å². The minimum absolute atomic E-state index is 0.00968. The molecule has 0 unspecified atom stereocenters. The van der Waals surface area contributed by atoms with E-state index in [-0.39, 0.29) is 19.1 Å². The lowest BCUT2D eigenvalue weighted by Crippen LogP contribution is -2.49. The number of carbonyl (C=O) groups excluding carboxylic acids is 2. The quantitative estimate of drug-likeness (QED) is 0.680. The first-order valence-electron chi connectivity index (χ1n) is 8.30. The second-order valence-electron chi connectivity index (χ2n) is 5.97. The number of hydrogen-bond acceptors (Lipinski definition) is 4. The number of halogens is 1. The molecule has 0 aliphatic heterocycles. The van der Waals surface area contributed by atoms with Gasteiger partial charge in [0.15, 0.2) is 0 Å². The summed E-state index contributed by atoms with van der Waals surface area (Å²) in [7, 11) is 0. The molecule has 0 bridgehead atoms. The molecule has 6 nitrogen and oxygen atoms in total. The Morgan fingerprint density at radius 2 is 1.88 bits per heavy atom. The number of hydrogen-bond donors (Lipinski definition) is 3. The van der Waals surface area contributed by atoms with Crippen molar-refractivity contribution in [2.45, 2.75) is 38.1 Å². The number of amides is 2. The number of carbonyl (C=O) groups is 2. The summed E-state index contributed by atoms with van der Waals surface area (Å²) in [6.45, 7) is 0.611. The van der Waals surface area contributed by atoms with Crippen LogP contribution in [0.15, 0.2) is 24.3 Å². The van der Waals surface area contributed by atoms with Gasteiger partial charge in [0.25, 0.3) is 11.8 Å². The molecule has 0 aromatic heterocycles. The predicted octanol–water partition coefficient (Wildman–Crippen LogP) is 1.73. The van der Waals surface area contributed by atoms with Gasteiger partial charge >= 0.3 is 0 Å². The minimum atomic E-state index is -0.458. The minimum Gasteiger partial charge on any atom is -0.395 e. The molecule has 0 spiro atoms. The zero-order valence-corrected chi connectivity index (χ0v) is 14.4. The van der Waals surface area contributed by atoms with Gasteiger partial charge in [-0.2, -0.15) is 0 Å². The van der Waals surface area contributed by atoms with Crippen molar-refractivity contribution in [1.29, 1.82) is 0 Å². The molecule has 0 heterocycles. The Bertz CT molecular complexity index is 562. The molecule has 2 amide bonds. The van der Waals surface area contributed by atoms with Crippen LogP contribution < -0.4 is 10.9 Å². The Kier molecular flexibility index (Phi) is 7.49. The number of hydrazine groups is 1. The fourth-order valence-electron chi connectivity index (χ4n) is 3.03. The molecule has 1 fully saturated rings. The summed E-state index contributed by atoms with van der Waals surface area (Å²) in [5.41, 5.74) is 5.10. The second kappa shape index (κ2) is 9.61. The van der Waals surface area contributed by atoms with Crippen molar-refractivity contribution in [3.05, 3.63) is 34.9 Å². The molecule has 7 heteroatoms. The number of benzene rings is 1. The highest BCUT2D eigenvalue weighted by molar-refractivity contribution is 6.33. The van der Waals surface area contributed by atoms with Crippen molar-refractivity contribution in [1.82, 2.24) is 15.8 Å². The summed E-state index contributed by atoms with van der Waals surface area (Å²) >= 11 is 5.95. The summed E-state index contributed by atoms with van der Waals surface area (Å²) < 4.78 is 0. The van der Waals surface area contributed by atoms with Gasteiger partial charge in [-0.15, -0.1) is 0 Å². The van der Waals surface area contributed by atoms with Crippen LogP contribution in [-0.2, 0) is 4.79 Å². The SMILES string of the molecule is O=C(CN(CCO)C1CCCCC1)NNC(=O)c1ccccc1Cl. The van der Waals surface area contributed by atoms with E-state index in [2.05, 4.69) is 10.9 Å². The third kappa shape index (κ3) is 5.47. The topological polar surface area (TPSA) is 81.7 Å². The Morgan fingerprint density at radius 3 is 2.54 bits per heavy atom. The summed E-state index contributed by atoms with van der Waals surface area (Å²) in [5.74, 6) is -0.769. The summed E-state index contributed by atoms with van der Waals surface area (Å²) in [5, 5.41) is 9.55. The first-order chi connectivity index (χ1) is 11.6. The third-order valence-corrected chi connectivity index (χ3v) is 4.59. The molecular weight excluding hydrogens is 330 g/mol. The van der Waals surface area contributed by atoms with Crippen LogP contribution in [0.2, 0.25) is 5.02 Å². The molecule has 0 atom stereocenters. The van der Waals surface area contributed by atoms with Crippen LogP contribution in [-0.4, -0.2) is 47.6 Å². The fourth-order valence-corrected chi connectivity index (χ4v) is 3.25. The Hall–Kier alpha value is -1.63. The van der Waals surface area contributed by atoms with Crippen LogP contribution in [0.3, 0.4) is 0 Å². The van der Waals surface area contributed by atoms with Gasteiger partial charge in [-0.3, -0.25) is 25.3 Å². The smallest absolute Gasteiger partial charge is 0.271 e. The van der Waals surface area contributed by atoms with Crippen molar-refractivity contribution in [3.63, 3.8) is 0 Å². The van der Waals surface area contributed by atoms with Gasteiger partial charge < -0.3 is 5.11 Å². The lowest BCUT2D eigenvalue weighted by Gasteiger charge is -2.33. The lowest BCUT2D eigenvalue weighted by atomic mass is 9.94. The molecule has 1 aliphatic rings. The van der Waals surface area contributed by atoms with Crippen molar-refractivity contribution in [2.75, 3.05) is 19.7 Å². The second-order valence-corrected chi connectivity index (χ2v) is 6.38. The van der Waals surface area contributed by atoms with Crippen molar-refractivity contribution in [2.24, 2.45) is 0 Å². The van der Waals surface area contributed by atoms with E-state index < -0.39 is 5.91 Å². The molecular formula is C17H24ClN3O3. The zero-order valence-electron chi connectivity index (χ0n) is 13.6. The number of aliphatic hydroxyl groups excluding tert-OH is 1. The molecule has 1 saturated carbocycles. The molecule has 1 aromatic carbocycles. The number of aliphatic hydroxyl groups is 1. The Labute approximate surface area is 147 Å². The molecule has 3 N–H and O–H groups in total. The monoisotopic (exact) mass is 353 g/mol. The number of rotatable bonds is 6. The van der Waals surface area contributed by atoms with E-state index in [4.69, 9.17) is 11.6 Å². The maximum atomic E-state index is 12.1.